The van der Waals surface area contributed by atoms with Crippen LogP contribution in [0.1, 0.15) is 43.2 Å². The molecule has 120 valence electrons. The van der Waals surface area contributed by atoms with Crippen molar-refractivity contribution >= 4 is 5.69 Å². The summed E-state index contributed by atoms with van der Waals surface area (Å²) >= 11 is 0. The van der Waals surface area contributed by atoms with E-state index in [4.69, 9.17) is 9.47 Å². The number of rotatable bonds is 4. The van der Waals surface area contributed by atoms with Gasteiger partial charge in [-0.2, -0.15) is 0 Å². The second-order valence-electron chi connectivity index (χ2n) is 6.00. The van der Waals surface area contributed by atoms with Crippen molar-refractivity contribution in [1.29, 1.82) is 0 Å². The Labute approximate surface area is 129 Å². The minimum atomic E-state index is -0.381. The van der Waals surface area contributed by atoms with Crippen LogP contribution in [-0.4, -0.2) is 23.8 Å². The van der Waals surface area contributed by atoms with E-state index >= 15 is 0 Å². The minimum Gasteiger partial charge on any atom is -0.347 e. The fourth-order valence-corrected chi connectivity index (χ4v) is 3.10. The molecule has 0 saturated heterocycles. The standard InChI is InChI=1S/C16H22N2O4/c19-18(20)15-7-6-12-10-21-16(22-11-13(12)8-15)9-17-14-4-2-1-3-5-14/h6-8,14,16-17H,1-5,9-11H2. The van der Waals surface area contributed by atoms with Gasteiger partial charge in [0.05, 0.1) is 18.1 Å². The minimum absolute atomic E-state index is 0.0983. The molecule has 1 aliphatic carbocycles. The van der Waals surface area contributed by atoms with Crippen LogP contribution >= 0.6 is 0 Å². The van der Waals surface area contributed by atoms with E-state index in [2.05, 4.69) is 5.32 Å². The summed E-state index contributed by atoms with van der Waals surface area (Å²) < 4.78 is 11.5. The number of non-ortho nitro benzene ring substituents is 1. The van der Waals surface area contributed by atoms with Crippen molar-refractivity contribution < 1.29 is 14.4 Å². The number of hydrogen-bond acceptors (Lipinski definition) is 5. The maximum atomic E-state index is 10.8. The van der Waals surface area contributed by atoms with Gasteiger partial charge in [-0.25, -0.2) is 0 Å². The molecule has 1 aliphatic heterocycles. The molecule has 6 nitrogen and oxygen atoms in total. The molecule has 22 heavy (non-hydrogen) atoms. The van der Waals surface area contributed by atoms with Gasteiger partial charge in [-0.1, -0.05) is 19.3 Å². The normalized spacial score (nSPS) is 22.8. The van der Waals surface area contributed by atoms with Crippen LogP contribution in [-0.2, 0) is 22.7 Å². The van der Waals surface area contributed by atoms with Crippen molar-refractivity contribution in [3.05, 3.63) is 39.4 Å². The van der Waals surface area contributed by atoms with Crippen LogP contribution in [0, 0.1) is 10.1 Å². The van der Waals surface area contributed by atoms with Gasteiger partial charge in [0.1, 0.15) is 0 Å². The molecule has 0 amide bonds. The summed E-state index contributed by atoms with van der Waals surface area (Å²) in [6, 6.07) is 5.42. The monoisotopic (exact) mass is 306 g/mol. The lowest BCUT2D eigenvalue weighted by molar-refractivity contribution is -0.385. The SMILES string of the molecule is O=[N+]([O-])c1ccc2c(c1)COC(CNC1CCCCC1)OC2. The second kappa shape index (κ2) is 7.17. The van der Waals surface area contributed by atoms with E-state index < -0.39 is 0 Å². The predicted octanol–water partition coefficient (Wildman–Crippen LogP) is 2.89. The van der Waals surface area contributed by atoms with E-state index in [0.717, 1.165) is 11.1 Å². The predicted molar refractivity (Wildman–Crippen MR) is 81.3 cm³/mol. The third-order valence-corrected chi connectivity index (χ3v) is 4.43. The molecule has 1 aromatic rings. The summed E-state index contributed by atoms with van der Waals surface area (Å²) in [7, 11) is 0. The van der Waals surface area contributed by atoms with Gasteiger partial charge in [0.15, 0.2) is 6.29 Å². The third kappa shape index (κ3) is 3.82. The zero-order valence-electron chi connectivity index (χ0n) is 12.6. The number of nitro benzene ring substituents is 1. The van der Waals surface area contributed by atoms with Crippen molar-refractivity contribution in [2.24, 2.45) is 0 Å². The molecule has 1 aromatic carbocycles. The summed E-state index contributed by atoms with van der Waals surface area (Å²) in [4.78, 5) is 10.5. The molecular formula is C16H22N2O4. The number of fused-ring (bicyclic) bond motifs is 1. The Balaban J connectivity index is 1.55. The maximum Gasteiger partial charge on any atom is 0.269 e. The van der Waals surface area contributed by atoms with E-state index in [1.54, 1.807) is 12.1 Å². The molecule has 0 bridgehead atoms. The molecule has 0 radical (unpaired) electrons. The van der Waals surface area contributed by atoms with E-state index in [9.17, 15) is 10.1 Å². The van der Waals surface area contributed by atoms with Gasteiger partial charge in [-0.05, 0) is 30.0 Å². The number of hydrogen-bond donors (Lipinski definition) is 1. The molecule has 1 unspecified atom stereocenters. The molecule has 1 fully saturated rings. The van der Waals surface area contributed by atoms with Crippen molar-refractivity contribution in [2.75, 3.05) is 6.54 Å². The van der Waals surface area contributed by atoms with Crippen molar-refractivity contribution in [1.82, 2.24) is 5.32 Å². The molecule has 0 spiro atoms. The lowest BCUT2D eigenvalue weighted by Gasteiger charge is -2.25. The Morgan fingerprint density at radius 3 is 2.59 bits per heavy atom. The van der Waals surface area contributed by atoms with Gasteiger partial charge in [-0.15, -0.1) is 0 Å². The van der Waals surface area contributed by atoms with Gasteiger partial charge >= 0.3 is 0 Å². The summed E-state index contributed by atoms with van der Waals surface area (Å²) in [5.41, 5.74) is 1.90. The van der Waals surface area contributed by atoms with Crippen molar-refractivity contribution in [2.45, 2.75) is 57.6 Å². The first-order chi connectivity index (χ1) is 10.7. The number of ether oxygens (including phenoxy) is 2. The molecular weight excluding hydrogens is 284 g/mol. The molecule has 0 aromatic heterocycles. The third-order valence-electron chi connectivity index (χ3n) is 4.43. The van der Waals surface area contributed by atoms with Gasteiger partial charge in [0.2, 0.25) is 0 Å². The van der Waals surface area contributed by atoms with E-state index in [1.165, 1.54) is 38.2 Å². The van der Waals surface area contributed by atoms with Crippen LogP contribution in [0.2, 0.25) is 0 Å². The molecule has 1 saturated carbocycles. The van der Waals surface area contributed by atoms with Crippen LogP contribution in [0.15, 0.2) is 18.2 Å². The van der Waals surface area contributed by atoms with Crippen LogP contribution in [0.25, 0.3) is 0 Å². The van der Waals surface area contributed by atoms with Gasteiger partial charge in [0, 0.05) is 24.7 Å². The number of benzene rings is 1. The number of nitrogens with zero attached hydrogens (tertiary/aromatic N) is 1. The summed E-state index contributed by atoms with van der Waals surface area (Å²) in [5, 5.41) is 14.4. The number of nitrogens with one attached hydrogen (secondary N) is 1. The zero-order chi connectivity index (χ0) is 15.4. The van der Waals surface area contributed by atoms with Gasteiger partial charge in [-0.3, -0.25) is 10.1 Å². The fourth-order valence-electron chi connectivity index (χ4n) is 3.10. The summed E-state index contributed by atoms with van der Waals surface area (Å²) in [5.74, 6) is 0. The molecule has 3 rings (SSSR count). The van der Waals surface area contributed by atoms with Crippen molar-refractivity contribution in [3.63, 3.8) is 0 Å². The molecule has 1 N–H and O–H groups in total. The Hall–Kier alpha value is -1.50. The molecule has 1 atom stereocenters. The van der Waals surface area contributed by atoms with Crippen molar-refractivity contribution in [3.8, 4) is 0 Å². The average Bonchev–Trinajstić information content (AvgIpc) is 2.75. The van der Waals surface area contributed by atoms with Gasteiger partial charge < -0.3 is 14.8 Å². The van der Waals surface area contributed by atoms with E-state index in [1.807, 2.05) is 0 Å². The fraction of sp³-hybridized carbons (Fsp3) is 0.625. The Morgan fingerprint density at radius 2 is 1.86 bits per heavy atom. The molecule has 2 aliphatic rings. The highest BCUT2D eigenvalue weighted by molar-refractivity contribution is 5.39. The number of nitro groups is 1. The Bertz CT molecular complexity index is 529. The highest BCUT2D eigenvalue weighted by Crippen LogP contribution is 2.23. The second-order valence-corrected chi connectivity index (χ2v) is 6.00. The first-order valence-electron chi connectivity index (χ1n) is 7.95. The first kappa shape index (κ1) is 15.4. The van der Waals surface area contributed by atoms with Crippen LogP contribution < -0.4 is 5.32 Å². The smallest absolute Gasteiger partial charge is 0.269 e. The van der Waals surface area contributed by atoms with Gasteiger partial charge in [0.25, 0.3) is 5.69 Å². The highest BCUT2D eigenvalue weighted by atomic mass is 16.7. The van der Waals surface area contributed by atoms with Crippen LogP contribution in [0.3, 0.4) is 0 Å². The summed E-state index contributed by atoms with van der Waals surface area (Å²) in [6.07, 6.45) is 6.06. The topological polar surface area (TPSA) is 73.6 Å². The maximum absolute atomic E-state index is 10.8. The largest absolute Gasteiger partial charge is 0.347 e. The van der Waals surface area contributed by atoms with E-state index in [-0.39, 0.29) is 16.9 Å². The first-order valence-corrected chi connectivity index (χ1v) is 7.95. The van der Waals surface area contributed by atoms with Crippen LogP contribution in [0.4, 0.5) is 5.69 Å². The Morgan fingerprint density at radius 1 is 1.14 bits per heavy atom. The highest BCUT2D eigenvalue weighted by Gasteiger charge is 2.21. The van der Waals surface area contributed by atoms with E-state index in [0.29, 0.717) is 25.8 Å². The zero-order valence-corrected chi connectivity index (χ0v) is 12.6. The quantitative estimate of drug-likeness (QED) is 0.684. The lowest BCUT2D eigenvalue weighted by Crippen LogP contribution is -2.38. The van der Waals surface area contributed by atoms with Crippen LogP contribution in [0.5, 0.6) is 0 Å². The summed E-state index contributed by atoms with van der Waals surface area (Å²) in [6.45, 7) is 1.46. The molecule has 1 heterocycles. The Kier molecular flexibility index (Phi) is 5.02. The molecule has 6 heteroatoms. The average molecular weight is 306 g/mol. The lowest BCUT2D eigenvalue weighted by atomic mass is 9.95.